The van der Waals surface area contributed by atoms with E-state index in [1.54, 1.807) is 13.0 Å². The number of amides is 1. The van der Waals surface area contributed by atoms with Crippen molar-refractivity contribution < 1.29 is 23.8 Å². The van der Waals surface area contributed by atoms with Crippen LogP contribution in [0.4, 0.5) is 0 Å². The Kier molecular flexibility index (Phi) is 5.51. The summed E-state index contributed by atoms with van der Waals surface area (Å²) in [5.74, 6) is -0.0860. The van der Waals surface area contributed by atoms with Gasteiger partial charge < -0.3 is 19.2 Å². The highest BCUT2D eigenvalue weighted by molar-refractivity contribution is 7.17. The fourth-order valence-corrected chi connectivity index (χ4v) is 3.01. The molecule has 0 radical (unpaired) electrons. The summed E-state index contributed by atoms with van der Waals surface area (Å²) in [5, 5.41) is 9.57. The Balaban J connectivity index is 2.26. The number of carbonyl (C=O) groups excluding carboxylic acids is 1. The number of aromatic nitrogens is 1. The number of hydrogen-bond donors (Lipinski definition) is 1. The SMILES string of the molecule is COCCN(CC(=O)O)C(=O)c1sc(-c2ccc(C)o2)nc1C. The third-order valence-electron chi connectivity index (χ3n) is 3.12. The second kappa shape index (κ2) is 7.38. The number of rotatable bonds is 7. The number of aliphatic carboxylic acids is 1. The highest BCUT2D eigenvalue weighted by atomic mass is 32.1. The number of carboxylic acid groups (broad SMARTS) is 1. The fraction of sp³-hybridized carbons (Fsp3) is 0.400. The van der Waals surface area contributed by atoms with E-state index in [0.29, 0.717) is 21.3 Å². The van der Waals surface area contributed by atoms with Crippen molar-refractivity contribution in [1.29, 1.82) is 0 Å². The van der Waals surface area contributed by atoms with Crippen molar-refractivity contribution >= 4 is 23.2 Å². The van der Waals surface area contributed by atoms with Crippen LogP contribution in [-0.2, 0) is 9.53 Å². The molecule has 2 aromatic rings. The second-order valence-electron chi connectivity index (χ2n) is 4.96. The molecule has 2 aromatic heterocycles. The van der Waals surface area contributed by atoms with Crippen molar-refractivity contribution in [2.75, 3.05) is 26.8 Å². The molecule has 0 fully saturated rings. The van der Waals surface area contributed by atoms with Crippen LogP contribution in [-0.4, -0.2) is 53.7 Å². The number of aryl methyl sites for hydroxylation is 2. The molecule has 8 heteroatoms. The molecule has 0 aromatic carbocycles. The number of furan rings is 1. The van der Waals surface area contributed by atoms with Crippen LogP contribution in [0.25, 0.3) is 10.8 Å². The molecule has 7 nitrogen and oxygen atoms in total. The number of carbonyl (C=O) groups is 2. The van der Waals surface area contributed by atoms with Gasteiger partial charge in [0, 0.05) is 13.7 Å². The molecular formula is C15H18N2O5S. The molecule has 0 aliphatic heterocycles. The molecule has 2 heterocycles. The fourth-order valence-electron chi connectivity index (χ4n) is 2.01. The molecule has 1 amide bonds. The summed E-state index contributed by atoms with van der Waals surface area (Å²) in [6, 6.07) is 3.62. The second-order valence-corrected chi connectivity index (χ2v) is 5.96. The van der Waals surface area contributed by atoms with E-state index in [1.807, 2.05) is 13.0 Å². The average Bonchev–Trinajstić information content (AvgIpc) is 3.08. The van der Waals surface area contributed by atoms with Gasteiger partial charge in [0.1, 0.15) is 17.2 Å². The average molecular weight is 338 g/mol. The first-order chi connectivity index (χ1) is 10.9. The topological polar surface area (TPSA) is 92.9 Å². The first kappa shape index (κ1) is 17.2. The van der Waals surface area contributed by atoms with Crippen molar-refractivity contribution in [3.8, 4) is 10.8 Å². The molecule has 1 N–H and O–H groups in total. The van der Waals surface area contributed by atoms with Crippen LogP contribution in [0, 0.1) is 13.8 Å². The zero-order valence-electron chi connectivity index (χ0n) is 13.2. The van der Waals surface area contributed by atoms with Gasteiger partial charge in [-0.1, -0.05) is 0 Å². The lowest BCUT2D eigenvalue weighted by Gasteiger charge is -2.19. The Labute approximate surface area is 137 Å². The van der Waals surface area contributed by atoms with Crippen LogP contribution in [0.15, 0.2) is 16.5 Å². The lowest BCUT2D eigenvalue weighted by atomic mass is 10.3. The van der Waals surface area contributed by atoms with Crippen LogP contribution >= 0.6 is 11.3 Å². The molecule has 0 unspecified atom stereocenters. The summed E-state index contributed by atoms with van der Waals surface area (Å²) in [6.45, 7) is 3.64. The maximum atomic E-state index is 12.6. The molecule has 0 spiro atoms. The Morgan fingerprint density at radius 3 is 2.70 bits per heavy atom. The maximum absolute atomic E-state index is 12.6. The third kappa shape index (κ3) is 4.17. The number of hydrogen-bond acceptors (Lipinski definition) is 6. The lowest BCUT2D eigenvalue weighted by molar-refractivity contribution is -0.137. The molecule has 2 rings (SSSR count). The van der Waals surface area contributed by atoms with E-state index in [9.17, 15) is 9.59 Å². The van der Waals surface area contributed by atoms with E-state index in [-0.39, 0.29) is 25.6 Å². The van der Waals surface area contributed by atoms with Gasteiger partial charge in [-0.25, -0.2) is 4.98 Å². The minimum absolute atomic E-state index is 0.203. The Morgan fingerprint density at radius 1 is 1.39 bits per heavy atom. The van der Waals surface area contributed by atoms with E-state index in [0.717, 1.165) is 5.76 Å². The molecule has 0 aliphatic carbocycles. The van der Waals surface area contributed by atoms with Crippen LogP contribution < -0.4 is 0 Å². The van der Waals surface area contributed by atoms with Gasteiger partial charge in [0.05, 0.1) is 12.3 Å². The van der Waals surface area contributed by atoms with E-state index in [4.69, 9.17) is 14.3 Å². The van der Waals surface area contributed by atoms with Gasteiger partial charge in [0.15, 0.2) is 10.8 Å². The van der Waals surface area contributed by atoms with Crippen molar-refractivity contribution in [3.63, 3.8) is 0 Å². The Hall–Kier alpha value is -2.19. The van der Waals surface area contributed by atoms with Gasteiger partial charge in [-0.05, 0) is 26.0 Å². The predicted octanol–water partition coefficient (Wildman–Crippen LogP) is 2.19. The van der Waals surface area contributed by atoms with Crippen molar-refractivity contribution in [2.24, 2.45) is 0 Å². The smallest absolute Gasteiger partial charge is 0.323 e. The number of carboxylic acids is 1. The van der Waals surface area contributed by atoms with Gasteiger partial charge in [-0.2, -0.15) is 0 Å². The van der Waals surface area contributed by atoms with Gasteiger partial charge in [-0.15, -0.1) is 11.3 Å². The number of nitrogens with zero attached hydrogens (tertiary/aromatic N) is 2. The molecule has 0 saturated heterocycles. The van der Waals surface area contributed by atoms with Crippen LogP contribution in [0.5, 0.6) is 0 Å². The van der Waals surface area contributed by atoms with Gasteiger partial charge >= 0.3 is 5.97 Å². The normalized spacial score (nSPS) is 10.7. The summed E-state index contributed by atoms with van der Waals surface area (Å²) in [6.07, 6.45) is 0. The van der Waals surface area contributed by atoms with Crippen LogP contribution in [0.3, 0.4) is 0 Å². The Bertz CT molecular complexity index is 707. The van der Waals surface area contributed by atoms with Crippen molar-refractivity contribution in [1.82, 2.24) is 9.88 Å². The molecule has 0 aliphatic rings. The van der Waals surface area contributed by atoms with E-state index < -0.39 is 5.97 Å². The molecular weight excluding hydrogens is 320 g/mol. The number of ether oxygens (including phenoxy) is 1. The summed E-state index contributed by atoms with van der Waals surface area (Å²) in [5.41, 5.74) is 0.553. The minimum atomic E-state index is -1.07. The van der Waals surface area contributed by atoms with Crippen LogP contribution in [0.1, 0.15) is 21.1 Å². The van der Waals surface area contributed by atoms with Gasteiger partial charge in [0.25, 0.3) is 5.91 Å². The summed E-state index contributed by atoms with van der Waals surface area (Å²) in [4.78, 5) is 29.6. The van der Waals surface area contributed by atoms with Crippen LogP contribution in [0.2, 0.25) is 0 Å². The summed E-state index contributed by atoms with van der Waals surface area (Å²) >= 11 is 1.19. The quantitative estimate of drug-likeness (QED) is 0.832. The summed E-state index contributed by atoms with van der Waals surface area (Å²) < 4.78 is 10.4. The third-order valence-corrected chi connectivity index (χ3v) is 4.28. The minimum Gasteiger partial charge on any atom is -0.480 e. The zero-order chi connectivity index (χ0) is 17.0. The lowest BCUT2D eigenvalue weighted by Crippen LogP contribution is -2.37. The number of methoxy groups -OCH3 is 1. The first-order valence-corrected chi connectivity index (χ1v) is 7.78. The van der Waals surface area contributed by atoms with Gasteiger partial charge in [0.2, 0.25) is 0 Å². The highest BCUT2D eigenvalue weighted by Gasteiger charge is 2.24. The van der Waals surface area contributed by atoms with E-state index in [2.05, 4.69) is 4.98 Å². The molecule has 124 valence electrons. The molecule has 23 heavy (non-hydrogen) atoms. The first-order valence-electron chi connectivity index (χ1n) is 6.96. The molecule has 0 atom stereocenters. The maximum Gasteiger partial charge on any atom is 0.323 e. The Morgan fingerprint density at radius 2 is 2.13 bits per heavy atom. The van der Waals surface area contributed by atoms with Crippen molar-refractivity contribution in [3.05, 3.63) is 28.5 Å². The predicted molar refractivity (Wildman–Crippen MR) is 84.7 cm³/mol. The molecule has 0 bridgehead atoms. The number of thiazole rings is 1. The molecule has 0 saturated carbocycles. The standard InChI is InChI=1S/C15H18N2O5S/c1-9-4-5-11(22-9)14-16-10(2)13(23-14)15(20)17(6-7-21-3)8-12(18)19/h4-5H,6-8H2,1-3H3,(H,18,19). The highest BCUT2D eigenvalue weighted by Crippen LogP contribution is 2.30. The van der Waals surface area contributed by atoms with E-state index >= 15 is 0 Å². The zero-order valence-corrected chi connectivity index (χ0v) is 14.0. The largest absolute Gasteiger partial charge is 0.480 e. The monoisotopic (exact) mass is 338 g/mol. The van der Waals surface area contributed by atoms with E-state index in [1.165, 1.54) is 23.3 Å². The van der Waals surface area contributed by atoms with Gasteiger partial charge in [-0.3, -0.25) is 9.59 Å². The van der Waals surface area contributed by atoms with Crippen molar-refractivity contribution in [2.45, 2.75) is 13.8 Å². The summed E-state index contributed by atoms with van der Waals surface area (Å²) in [7, 11) is 1.50.